The molecule has 0 fully saturated rings. The summed E-state index contributed by atoms with van der Waals surface area (Å²) in [5.74, 6) is 2.27. The first-order chi connectivity index (χ1) is 12.1. The Balaban J connectivity index is 2.01. The summed E-state index contributed by atoms with van der Waals surface area (Å²) < 4.78 is 1.96. The topological polar surface area (TPSA) is 83.5 Å². The number of aryl methyl sites for hydroxylation is 1. The first-order valence-electron chi connectivity index (χ1n) is 7.88. The van der Waals surface area contributed by atoms with Gasteiger partial charge in [0.15, 0.2) is 11.6 Å². The summed E-state index contributed by atoms with van der Waals surface area (Å²) >= 11 is 6.08. The summed E-state index contributed by atoms with van der Waals surface area (Å²) in [6.45, 7) is 3.97. The highest BCUT2D eigenvalue weighted by molar-refractivity contribution is 6.28. The van der Waals surface area contributed by atoms with Crippen LogP contribution in [-0.4, -0.2) is 24.7 Å². The van der Waals surface area contributed by atoms with Crippen molar-refractivity contribution in [3.8, 4) is 11.8 Å². The molecular weight excluding hydrogens is 338 g/mol. The second-order valence-corrected chi connectivity index (χ2v) is 6.08. The Bertz CT molecular complexity index is 1000. The number of benzene rings is 1. The zero-order valence-electron chi connectivity index (χ0n) is 13.7. The lowest BCUT2D eigenvalue weighted by molar-refractivity contribution is 0.587. The minimum absolute atomic E-state index is 0.0754. The number of hydrogen-bond acceptors (Lipinski definition) is 6. The predicted molar refractivity (Wildman–Crippen MR) is 93.0 cm³/mol. The van der Waals surface area contributed by atoms with Gasteiger partial charge in [0.2, 0.25) is 5.28 Å². The molecule has 0 N–H and O–H groups in total. The highest BCUT2D eigenvalue weighted by Crippen LogP contribution is 2.43. The van der Waals surface area contributed by atoms with Gasteiger partial charge in [-0.2, -0.15) is 10.2 Å². The third kappa shape index (κ3) is 2.34. The molecule has 0 aliphatic carbocycles. The lowest BCUT2D eigenvalue weighted by Crippen LogP contribution is -2.32. The fourth-order valence-corrected chi connectivity index (χ4v) is 3.36. The molecule has 3 heterocycles. The molecule has 2 aromatic heterocycles. The third-order valence-electron chi connectivity index (χ3n) is 4.29. The van der Waals surface area contributed by atoms with Gasteiger partial charge in [-0.05, 0) is 43.1 Å². The van der Waals surface area contributed by atoms with Crippen molar-refractivity contribution < 1.29 is 0 Å². The lowest BCUT2D eigenvalue weighted by Gasteiger charge is -2.37. The molecule has 25 heavy (non-hydrogen) atoms. The largest absolute Gasteiger partial charge is 0.314 e. The van der Waals surface area contributed by atoms with Gasteiger partial charge in [-0.3, -0.25) is 4.57 Å². The van der Waals surface area contributed by atoms with E-state index in [2.05, 4.69) is 33.2 Å². The first kappa shape index (κ1) is 15.5. The number of aromatic nitrogens is 5. The van der Waals surface area contributed by atoms with E-state index in [4.69, 9.17) is 11.6 Å². The van der Waals surface area contributed by atoms with E-state index in [0.717, 1.165) is 29.4 Å². The van der Waals surface area contributed by atoms with Crippen LogP contribution in [0.1, 0.15) is 36.6 Å². The molecule has 0 amide bonds. The van der Waals surface area contributed by atoms with E-state index in [0.29, 0.717) is 11.4 Å². The van der Waals surface area contributed by atoms with E-state index in [1.807, 2.05) is 34.6 Å². The van der Waals surface area contributed by atoms with Gasteiger partial charge in [-0.1, -0.05) is 13.0 Å². The van der Waals surface area contributed by atoms with E-state index in [1.54, 1.807) is 12.3 Å². The van der Waals surface area contributed by atoms with E-state index >= 15 is 0 Å². The minimum atomic E-state index is -0.0754. The quantitative estimate of drug-likeness (QED) is 0.657. The molecule has 0 radical (unpaired) electrons. The summed E-state index contributed by atoms with van der Waals surface area (Å²) in [6.07, 6.45) is 2.47. The molecular formula is C17H14ClN7. The van der Waals surface area contributed by atoms with Crippen LogP contribution in [-0.2, 0) is 0 Å². The maximum absolute atomic E-state index is 9.24. The monoisotopic (exact) mass is 351 g/mol. The summed E-state index contributed by atoms with van der Waals surface area (Å²) in [7, 11) is 0. The third-order valence-corrected chi connectivity index (χ3v) is 4.47. The average molecular weight is 352 g/mol. The Kier molecular flexibility index (Phi) is 3.62. The van der Waals surface area contributed by atoms with Gasteiger partial charge in [0.25, 0.3) is 0 Å². The zero-order valence-corrected chi connectivity index (χ0v) is 14.4. The van der Waals surface area contributed by atoms with Crippen LogP contribution in [0.25, 0.3) is 5.69 Å². The van der Waals surface area contributed by atoms with Crippen molar-refractivity contribution in [1.82, 2.24) is 24.7 Å². The molecule has 1 aliphatic rings. The normalized spacial score (nSPS) is 15.4. The van der Waals surface area contributed by atoms with Crippen LogP contribution < -0.4 is 4.90 Å². The van der Waals surface area contributed by atoms with Crippen LogP contribution in [0.3, 0.4) is 0 Å². The standard InChI is InChI=1S/C17H14ClN7/c1-3-13-16-23-22-10(2)24(16)14-9-20-17(18)21-15(14)25(13)12-6-4-5-11(7-12)8-19/h4-7,9,13H,3H2,1-2H3. The Labute approximate surface area is 149 Å². The number of nitrogens with zero attached hydrogens (tertiary/aromatic N) is 7. The van der Waals surface area contributed by atoms with Crippen molar-refractivity contribution in [1.29, 1.82) is 5.26 Å². The lowest BCUT2D eigenvalue weighted by atomic mass is 10.1. The molecule has 4 rings (SSSR count). The summed E-state index contributed by atoms with van der Waals surface area (Å²) in [5.41, 5.74) is 2.21. The Morgan fingerprint density at radius 3 is 2.92 bits per heavy atom. The van der Waals surface area contributed by atoms with Crippen molar-refractivity contribution in [2.45, 2.75) is 26.3 Å². The number of nitriles is 1. The van der Waals surface area contributed by atoms with Crippen molar-refractivity contribution in [3.05, 3.63) is 53.0 Å². The maximum atomic E-state index is 9.24. The van der Waals surface area contributed by atoms with Crippen molar-refractivity contribution in [2.75, 3.05) is 4.90 Å². The van der Waals surface area contributed by atoms with E-state index < -0.39 is 0 Å². The van der Waals surface area contributed by atoms with Crippen LogP contribution in [0, 0.1) is 18.3 Å². The van der Waals surface area contributed by atoms with Gasteiger partial charge in [0.1, 0.15) is 11.5 Å². The van der Waals surface area contributed by atoms with Crippen LogP contribution >= 0.6 is 11.6 Å². The van der Waals surface area contributed by atoms with Gasteiger partial charge < -0.3 is 4.90 Å². The molecule has 0 bridgehead atoms. The molecule has 7 nitrogen and oxygen atoms in total. The molecule has 1 unspecified atom stereocenters. The second kappa shape index (κ2) is 5.83. The number of fused-ring (bicyclic) bond motifs is 3. The maximum Gasteiger partial charge on any atom is 0.224 e. The number of hydrogen-bond donors (Lipinski definition) is 0. The van der Waals surface area contributed by atoms with Gasteiger partial charge in [-0.25, -0.2) is 4.98 Å². The van der Waals surface area contributed by atoms with E-state index in [1.165, 1.54) is 0 Å². The molecule has 8 heteroatoms. The van der Waals surface area contributed by atoms with Crippen LogP contribution in [0.5, 0.6) is 0 Å². The smallest absolute Gasteiger partial charge is 0.224 e. The summed E-state index contributed by atoms with van der Waals surface area (Å²) in [5, 5.41) is 18.0. The second-order valence-electron chi connectivity index (χ2n) is 5.74. The van der Waals surface area contributed by atoms with Crippen molar-refractivity contribution in [3.63, 3.8) is 0 Å². The fraction of sp³-hybridized carbons (Fsp3) is 0.235. The molecule has 1 aromatic carbocycles. The number of halogens is 1. The molecule has 0 spiro atoms. The molecule has 1 aliphatic heterocycles. The van der Waals surface area contributed by atoms with Crippen molar-refractivity contribution >= 4 is 23.1 Å². The summed E-state index contributed by atoms with van der Waals surface area (Å²) in [4.78, 5) is 10.6. The number of anilines is 2. The molecule has 3 aromatic rings. The Morgan fingerprint density at radius 2 is 2.16 bits per heavy atom. The SMILES string of the molecule is CCC1c2nnc(C)n2-c2cnc(Cl)nc2N1c1cccc(C#N)c1. The zero-order chi connectivity index (χ0) is 17.6. The fourth-order valence-electron chi connectivity index (χ4n) is 3.23. The molecule has 1 atom stereocenters. The van der Waals surface area contributed by atoms with Crippen molar-refractivity contribution in [2.24, 2.45) is 0 Å². The molecule has 0 saturated carbocycles. The Hall–Kier alpha value is -2.98. The van der Waals surface area contributed by atoms with Gasteiger partial charge in [0.05, 0.1) is 23.9 Å². The minimum Gasteiger partial charge on any atom is -0.314 e. The number of rotatable bonds is 2. The van der Waals surface area contributed by atoms with Crippen LogP contribution in [0.4, 0.5) is 11.5 Å². The summed E-state index contributed by atoms with van der Waals surface area (Å²) in [6, 6.07) is 9.51. The van der Waals surface area contributed by atoms with E-state index in [9.17, 15) is 5.26 Å². The molecule has 0 saturated heterocycles. The molecule has 124 valence electrons. The first-order valence-corrected chi connectivity index (χ1v) is 8.26. The van der Waals surface area contributed by atoms with E-state index in [-0.39, 0.29) is 11.3 Å². The highest BCUT2D eigenvalue weighted by atomic mass is 35.5. The van der Waals surface area contributed by atoms with Gasteiger partial charge in [-0.15, -0.1) is 10.2 Å². The average Bonchev–Trinajstić information content (AvgIpc) is 3.02. The predicted octanol–water partition coefficient (Wildman–Crippen LogP) is 3.49. The van der Waals surface area contributed by atoms with Gasteiger partial charge >= 0.3 is 0 Å². The van der Waals surface area contributed by atoms with Gasteiger partial charge in [0, 0.05) is 5.69 Å². The van der Waals surface area contributed by atoms with Crippen LogP contribution in [0.15, 0.2) is 30.5 Å². The van der Waals surface area contributed by atoms with Crippen LogP contribution in [0.2, 0.25) is 5.28 Å². The Morgan fingerprint density at radius 1 is 1.32 bits per heavy atom. The highest BCUT2D eigenvalue weighted by Gasteiger charge is 2.35.